The van der Waals surface area contributed by atoms with Crippen LogP contribution in [0.3, 0.4) is 0 Å². The van der Waals surface area contributed by atoms with Crippen LogP contribution in [-0.2, 0) is 14.3 Å². The smallest absolute Gasteiger partial charge is 0.221 e. The zero-order chi connectivity index (χ0) is 16.1. The van der Waals surface area contributed by atoms with E-state index >= 15 is 0 Å². The predicted molar refractivity (Wildman–Crippen MR) is 82.9 cm³/mol. The summed E-state index contributed by atoms with van der Waals surface area (Å²) in [6.07, 6.45) is -0.638. The second-order valence-electron chi connectivity index (χ2n) is 5.94. The number of rotatable bonds is 2. The van der Waals surface area contributed by atoms with Crippen molar-refractivity contribution >= 4 is 18.0 Å². The van der Waals surface area contributed by atoms with Gasteiger partial charge in [-0.25, -0.2) is 4.68 Å². The second-order valence-corrected chi connectivity index (χ2v) is 6.30. The van der Waals surface area contributed by atoms with Crippen LogP contribution in [0.2, 0.25) is 0 Å². The van der Waals surface area contributed by atoms with Crippen molar-refractivity contribution in [2.75, 3.05) is 6.61 Å². The Balaban J connectivity index is 1.77. The van der Waals surface area contributed by atoms with E-state index in [1.807, 2.05) is 32.0 Å². The van der Waals surface area contributed by atoms with Crippen LogP contribution in [0, 0.1) is 18.6 Å². The van der Waals surface area contributed by atoms with Crippen LogP contribution in [0.4, 0.5) is 0 Å². The monoisotopic (exact) mass is 332 g/mol. The van der Waals surface area contributed by atoms with E-state index in [4.69, 9.17) is 21.7 Å². The van der Waals surface area contributed by atoms with E-state index in [-0.39, 0.29) is 17.9 Å². The van der Waals surface area contributed by atoms with E-state index in [1.54, 1.807) is 9.36 Å². The van der Waals surface area contributed by atoms with E-state index in [2.05, 4.69) is 10.4 Å². The number of carbonyl (C=O) groups excluding carboxylic acids is 1. The van der Waals surface area contributed by atoms with Crippen molar-refractivity contribution in [2.45, 2.75) is 38.7 Å². The Morgan fingerprint density at radius 1 is 1.26 bits per heavy atom. The molecule has 3 atom stereocenters. The molecular formula is C15H16N4O3S. The van der Waals surface area contributed by atoms with E-state index in [9.17, 15) is 4.79 Å². The van der Waals surface area contributed by atoms with Crippen molar-refractivity contribution in [3.8, 4) is 5.69 Å². The van der Waals surface area contributed by atoms with Crippen molar-refractivity contribution in [3.05, 3.63) is 34.1 Å². The minimum atomic E-state index is -0.723. The first-order valence-corrected chi connectivity index (χ1v) is 7.88. The summed E-state index contributed by atoms with van der Waals surface area (Å²) < 4.78 is 14.6. The van der Waals surface area contributed by atoms with Gasteiger partial charge >= 0.3 is 0 Å². The molecule has 3 heterocycles. The van der Waals surface area contributed by atoms with Crippen LogP contribution in [0.15, 0.2) is 18.2 Å². The normalized spacial score (nSPS) is 26.7. The second kappa shape index (κ2) is 5.33. The first-order chi connectivity index (χ1) is 11.1. The summed E-state index contributed by atoms with van der Waals surface area (Å²) in [5.74, 6) is -0.0766. The molecule has 2 fully saturated rings. The summed E-state index contributed by atoms with van der Waals surface area (Å²) in [5, 5.41) is 8.39. The van der Waals surface area contributed by atoms with Crippen molar-refractivity contribution in [1.82, 2.24) is 19.8 Å². The summed E-state index contributed by atoms with van der Waals surface area (Å²) >= 11 is 5.55. The van der Waals surface area contributed by atoms with Gasteiger partial charge in [0.2, 0.25) is 11.1 Å². The molecule has 1 aromatic carbocycles. The lowest BCUT2D eigenvalue weighted by molar-refractivity contribution is -0.156. The zero-order valence-electron chi connectivity index (χ0n) is 12.8. The number of tetrazole rings is 1. The van der Waals surface area contributed by atoms with E-state index in [1.165, 1.54) is 0 Å². The predicted octanol–water partition coefficient (Wildman–Crippen LogP) is 1.67. The SMILES string of the molecule is Cc1cccc(C)c1-n1nnn([C@@H]2CC(=O)[C@H]3OC[C@H]2O3)c1=S. The van der Waals surface area contributed by atoms with Crippen LogP contribution in [0.1, 0.15) is 23.6 Å². The number of para-hydroxylation sites is 1. The third kappa shape index (κ3) is 2.25. The van der Waals surface area contributed by atoms with Crippen molar-refractivity contribution in [2.24, 2.45) is 0 Å². The Hall–Kier alpha value is -1.90. The van der Waals surface area contributed by atoms with Crippen molar-refractivity contribution in [1.29, 1.82) is 0 Å². The van der Waals surface area contributed by atoms with E-state index < -0.39 is 6.29 Å². The highest BCUT2D eigenvalue weighted by Gasteiger charge is 2.45. The largest absolute Gasteiger partial charge is 0.343 e. The fourth-order valence-corrected chi connectivity index (χ4v) is 3.51. The number of hydrogen-bond donors (Lipinski definition) is 0. The molecule has 2 aliphatic rings. The van der Waals surface area contributed by atoms with Gasteiger partial charge in [-0.2, -0.15) is 4.68 Å². The molecule has 0 radical (unpaired) electrons. The number of carbonyl (C=O) groups is 1. The highest BCUT2D eigenvalue weighted by molar-refractivity contribution is 7.71. The number of ketones is 1. The Labute approximate surface area is 137 Å². The maximum absolute atomic E-state index is 12.0. The van der Waals surface area contributed by atoms with Gasteiger partial charge in [0.1, 0.15) is 6.10 Å². The molecule has 2 bridgehead atoms. The lowest BCUT2D eigenvalue weighted by Crippen LogP contribution is -2.37. The molecule has 23 heavy (non-hydrogen) atoms. The number of aryl methyl sites for hydroxylation is 2. The summed E-state index contributed by atoms with van der Waals surface area (Å²) in [6.45, 7) is 4.39. The van der Waals surface area contributed by atoms with Gasteiger partial charge < -0.3 is 9.47 Å². The summed E-state index contributed by atoms with van der Waals surface area (Å²) in [6, 6.07) is 5.73. The number of nitrogens with zero attached hydrogens (tertiary/aromatic N) is 4. The molecule has 7 nitrogen and oxygen atoms in total. The molecule has 0 saturated carbocycles. The molecule has 1 aromatic heterocycles. The van der Waals surface area contributed by atoms with Crippen LogP contribution in [0.5, 0.6) is 0 Å². The van der Waals surface area contributed by atoms with Gasteiger partial charge in [0.25, 0.3) is 0 Å². The minimum absolute atomic E-state index is 0.0766. The summed E-state index contributed by atoms with van der Waals surface area (Å²) in [7, 11) is 0. The average molecular weight is 332 g/mol. The van der Waals surface area contributed by atoms with Gasteiger partial charge in [-0.3, -0.25) is 4.79 Å². The van der Waals surface area contributed by atoms with Gasteiger partial charge in [0.15, 0.2) is 5.78 Å². The van der Waals surface area contributed by atoms with Crippen LogP contribution < -0.4 is 0 Å². The minimum Gasteiger partial charge on any atom is -0.343 e. The van der Waals surface area contributed by atoms with Crippen LogP contribution in [0.25, 0.3) is 5.69 Å². The van der Waals surface area contributed by atoms with Crippen LogP contribution in [-0.4, -0.2) is 44.6 Å². The molecule has 0 aliphatic carbocycles. The molecule has 2 saturated heterocycles. The Morgan fingerprint density at radius 2 is 2.00 bits per heavy atom. The first-order valence-electron chi connectivity index (χ1n) is 7.47. The standard InChI is InChI=1S/C15H16N4O3S/c1-8-4-3-5-9(2)13(8)19-15(23)18(16-17-19)10-6-11(20)14-21-7-12(10)22-14/h3-5,10,12,14H,6-7H2,1-2H3/t10-,12-,14+/m1/s1. The number of benzene rings is 1. The van der Waals surface area contributed by atoms with Crippen molar-refractivity contribution < 1.29 is 14.3 Å². The van der Waals surface area contributed by atoms with Gasteiger partial charge in [-0.05, 0) is 47.6 Å². The summed E-state index contributed by atoms with van der Waals surface area (Å²) in [5.41, 5.74) is 3.05. The lowest BCUT2D eigenvalue weighted by Gasteiger charge is -2.25. The first kappa shape index (κ1) is 14.7. The zero-order valence-corrected chi connectivity index (χ0v) is 13.6. The highest BCUT2D eigenvalue weighted by Crippen LogP contribution is 2.32. The molecule has 0 unspecified atom stereocenters. The molecule has 4 rings (SSSR count). The number of fused-ring (bicyclic) bond motifs is 2. The van der Waals surface area contributed by atoms with E-state index in [0.29, 0.717) is 17.8 Å². The molecule has 0 amide bonds. The fourth-order valence-electron chi connectivity index (χ4n) is 3.21. The Kier molecular flexibility index (Phi) is 3.40. The molecule has 0 spiro atoms. The third-order valence-electron chi connectivity index (χ3n) is 4.38. The molecule has 120 valence electrons. The number of aromatic nitrogens is 4. The quantitative estimate of drug-likeness (QED) is 0.779. The van der Waals surface area contributed by atoms with Crippen molar-refractivity contribution in [3.63, 3.8) is 0 Å². The number of Topliss-reactive ketones (excluding diaryl/α,β-unsaturated/α-hetero) is 1. The molecule has 0 N–H and O–H groups in total. The van der Waals surface area contributed by atoms with Gasteiger partial charge in [0.05, 0.1) is 18.3 Å². The fraction of sp³-hybridized carbons (Fsp3) is 0.467. The maximum Gasteiger partial charge on any atom is 0.221 e. The third-order valence-corrected chi connectivity index (χ3v) is 4.74. The maximum atomic E-state index is 12.0. The van der Waals surface area contributed by atoms with Gasteiger partial charge in [0, 0.05) is 6.42 Å². The molecule has 8 heteroatoms. The molecule has 2 aromatic rings. The van der Waals surface area contributed by atoms with Crippen LogP contribution >= 0.6 is 12.2 Å². The topological polar surface area (TPSA) is 71.2 Å². The van der Waals surface area contributed by atoms with Gasteiger partial charge in [-0.1, -0.05) is 18.2 Å². The Bertz CT molecular complexity index is 823. The average Bonchev–Trinajstić information content (AvgIpc) is 3.10. The van der Waals surface area contributed by atoms with E-state index in [0.717, 1.165) is 16.8 Å². The lowest BCUT2D eigenvalue weighted by atomic mass is 10.0. The molecular weight excluding hydrogens is 316 g/mol. The Morgan fingerprint density at radius 3 is 2.74 bits per heavy atom. The number of hydrogen-bond acceptors (Lipinski definition) is 6. The number of ether oxygens (including phenoxy) is 2. The molecule has 2 aliphatic heterocycles. The summed E-state index contributed by atoms with van der Waals surface area (Å²) in [4.78, 5) is 12.0. The van der Waals surface area contributed by atoms with Gasteiger partial charge in [-0.15, -0.1) is 0 Å². The highest BCUT2D eigenvalue weighted by atomic mass is 32.1.